The molecule has 4 nitrogen and oxygen atoms in total. The van der Waals surface area contributed by atoms with Crippen LogP contribution in [-0.4, -0.2) is 30.6 Å². The highest BCUT2D eigenvalue weighted by Gasteiger charge is 2.46. The number of hydrogen-bond donors (Lipinski definition) is 0. The predicted molar refractivity (Wildman–Crippen MR) is 71.5 cm³/mol. The van der Waals surface area contributed by atoms with Gasteiger partial charge in [-0.05, 0) is 39.5 Å². The Bertz CT molecular complexity index is 368. The van der Waals surface area contributed by atoms with Crippen LogP contribution in [0, 0.1) is 5.92 Å². The second-order valence-electron chi connectivity index (χ2n) is 5.44. The van der Waals surface area contributed by atoms with E-state index in [1.165, 1.54) is 6.08 Å². The number of ether oxygens (including phenoxy) is 3. The van der Waals surface area contributed by atoms with Gasteiger partial charge in [0.25, 0.3) is 0 Å². The largest absolute Gasteiger partial charge is 0.463 e. The van der Waals surface area contributed by atoms with Crippen LogP contribution in [-0.2, 0) is 19.0 Å². The van der Waals surface area contributed by atoms with E-state index in [0.717, 1.165) is 12.8 Å². The molecule has 0 aromatic rings. The third kappa shape index (κ3) is 3.91. The van der Waals surface area contributed by atoms with Crippen molar-refractivity contribution in [3.8, 4) is 0 Å². The Morgan fingerprint density at radius 2 is 1.89 bits per heavy atom. The molecule has 0 aromatic heterocycles. The van der Waals surface area contributed by atoms with Gasteiger partial charge in [0.15, 0.2) is 5.79 Å². The van der Waals surface area contributed by atoms with Crippen molar-refractivity contribution in [3.63, 3.8) is 0 Å². The minimum absolute atomic E-state index is 0.207. The number of allylic oxidation sites excluding steroid dienone is 3. The molecule has 19 heavy (non-hydrogen) atoms. The molecule has 3 atom stereocenters. The third-order valence-electron chi connectivity index (χ3n) is 3.37. The zero-order valence-electron chi connectivity index (χ0n) is 11.8. The van der Waals surface area contributed by atoms with E-state index in [9.17, 15) is 4.79 Å². The van der Waals surface area contributed by atoms with Gasteiger partial charge < -0.3 is 14.2 Å². The second kappa shape index (κ2) is 5.88. The average Bonchev–Trinajstić information content (AvgIpc) is 2.77. The summed E-state index contributed by atoms with van der Waals surface area (Å²) in [5.41, 5.74) is 0. The van der Waals surface area contributed by atoms with Gasteiger partial charge in [0.1, 0.15) is 0 Å². The molecule has 1 saturated carbocycles. The van der Waals surface area contributed by atoms with Gasteiger partial charge in [-0.25, -0.2) is 4.79 Å². The summed E-state index contributed by atoms with van der Waals surface area (Å²) in [6.45, 7) is 6.11. The first-order chi connectivity index (χ1) is 9.00. The van der Waals surface area contributed by atoms with Crippen LogP contribution in [0.5, 0.6) is 0 Å². The minimum Gasteiger partial charge on any atom is -0.463 e. The maximum Gasteiger partial charge on any atom is 0.330 e. The summed E-state index contributed by atoms with van der Waals surface area (Å²) in [6, 6.07) is 0. The van der Waals surface area contributed by atoms with Gasteiger partial charge in [-0.1, -0.05) is 18.2 Å². The number of hydrogen-bond acceptors (Lipinski definition) is 4. The lowest BCUT2D eigenvalue weighted by atomic mass is 10.1. The molecule has 2 fully saturated rings. The Morgan fingerprint density at radius 1 is 1.26 bits per heavy atom. The Morgan fingerprint density at radius 3 is 2.47 bits per heavy atom. The molecule has 1 saturated heterocycles. The van der Waals surface area contributed by atoms with Gasteiger partial charge in [0.2, 0.25) is 0 Å². The maximum absolute atomic E-state index is 11.1. The Balaban J connectivity index is 1.76. The molecule has 106 valence electrons. The predicted octanol–water partition coefficient (Wildman–Crippen LogP) is 2.59. The fourth-order valence-electron chi connectivity index (χ4n) is 2.70. The van der Waals surface area contributed by atoms with Crippen LogP contribution in [0.2, 0.25) is 0 Å². The molecule has 1 aliphatic heterocycles. The number of carbonyl (C=O) groups excluding carboxylic acids is 1. The monoisotopic (exact) mass is 266 g/mol. The van der Waals surface area contributed by atoms with Gasteiger partial charge in [-0.2, -0.15) is 0 Å². The highest BCUT2D eigenvalue weighted by atomic mass is 16.8. The molecule has 1 aliphatic carbocycles. The van der Waals surface area contributed by atoms with Crippen molar-refractivity contribution in [1.29, 1.82) is 0 Å². The summed E-state index contributed by atoms with van der Waals surface area (Å²) >= 11 is 0. The normalized spacial score (nSPS) is 33.1. The summed E-state index contributed by atoms with van der Waals surface area (Å²) < 4.78 is 16.5. The quantitative estimate of drug-likeness (QED) is 0.446. The lowest BCUT2D eigenvalue weighted by Gasteiger charge is -2.19. The summed E-state index contributed by atoms with van der Waals surface area (Å²) in [5, 5.41) is 0. The van der Waals surface area contributed by atoms with E-state index in [1.54, 1.807) is 13.0 Å². The molecule has 0 amide bonds. The highest BCUT2D eigenvalue weighted by molar-refractivity contribution is 5.82. The number of fused-ring (bicyclic) bond motifs is 1. The minimum atomic E-state index is -0.437. The Hall–Kier alpha value is -1.13. The van der Waals surface area contributed by atoms with Crippen molar-refractivity contribution in [2.24, 2.45) is 5.92 Å². The molecule has 2 rings (SSSR count). The van der Waals surface area contributed by atoms with Crippen molar-refractivity contribution >= 4 is 5.97 Å². The van der Waals surface area contributed by atoms with E-state index in [-0.39, 0.29) is 18.2 Å². The van der Waals surface area contributed by atoms with E-state index >= 15 is 0 Å². The second-order valence-corrected chi connectivity index (χ2v) is 5.44. The SMILES string of the molecule is CCOC(=O)/C=C/C=C/C1C[C@@H]2OC(C)(C)O[C@@H]2C1. The molecule has 1 unspecified atom stereocenters. The zero-order valence-corrected chi connectivity index (χ0v) is 11.8. The summed E-state index contributed by atoms with van der Waals surface area (Å²) in [4.78, 5) is 11.1. The van der Waals surface area contributed by atoms with E-state index in [4.69, 9.17) is 14.2 Å². The van der Waals surface area contributed by atoms with Crippen molar-refractivity contribution in [2.45, 2.75) is 51.6 Å². The van der Waals surface area contributed by atoms with Gasteiger partial charge in [0.05, 0.1) is 18.8 Å². The summed E-state index contributed by atoms with van der Waals surface area (Å²) in [7, 11) is 0. The van der Waals surface area contributed by atoms with Crippen LogP contribution < -0.4 is 0 Å². The lowest BCUT2D eigenvalue weighted by Crippen LogP contribution is -2.22. The average molecular weight is 266 g/mol. The molecule has 0 aromatic carbocycles. The van der Waals surface area contributed by atoms with Crippen molar-refractivity contribution < 1.29 is 19.0 Å². The molecule has 0 bridgehead atoms. The number of carbonyl (C=O) groups is 1. The summed E-state index contributed by atoms with van der Waals surface area (Å²) in [6.07, 6.45) is 9.54. The third-order valence-corrected chi connectivity index (χ3v) is 3.37. The molecule has 0 radical (unpaired) electrons. The zero-order chi connectivity index (χ0) is 13.9. The van der Waals surface area contributed by atoms with Crippen LogP contribution in [0.1, 0.15) is 33.6 Å². The molecule has 0 N–H and O–H groups in total. The van der Waals surface area contributed by atoms with E-state index < -0.39 is 5.79 Å². The Labute approximate surface area is 114 Å². The fraction of sp³-hybridized carbons (Fsp3) is 0.667. The Kier molecular flexibility index (Phi) is 4.42. The summed E-state index contributed by atoms with van der Waals surface area (Å²) in [5.74, 6) is -0.282. The molecular weight excluding hydrogens is 244 g/mol. The van der Waals surface area contributed by atoms with E-state index in [0.29, 0.717) is 12.5 Å². The van der Waals surface area contributed by atoms with Crippen LogP contribution in [0.15, 0.2) is 24.3 Å². The van der Waals surface area contributed by atoms with E-state index in [1.807, 2.05) is 19.9 Å². The van der Waals surface area contributed by atoms with E-state index in [2.05, 4.69) is 6.08 Å². The van der Waals surface area contributed by atoms with Crippen molar-refractivity contribution in [1.82, 2.24) is 0 Å². The first-order valence-electron chi connectivity index (χ1n) is 6.87. The topological polar surface area (TPSA) is 44.8 Å². The van der Waals surface area contributed by atoms with Gasteiger partial charge in [0, 0.05) is 6.08 Å². The molecule has 1 heterocycles. The fourth-order valence-corrected chi connectivity index (χ4v) is 2.70. The first kappa shape index (κ1) is 14.3. The first-order valence-corrected chi connectivity index (χ1v) is 6.87. The molecular formula is C15H22O4. The molecule has 2 aliphatic rings. The van der Waals surface area contributed by atoms with Crippen molar-refractivity contribution in [3.05, 3.63) is 24.3 Å². The van der Waals surface area contributed by atoms with Gasteiger partial charge in [-0.15, -0.1) is 0 Å². The van der Waals surface area contributed by atoms with Crippen LogP contribution >= 0.6 is 0 Å². The van der Waals surface area contributed by atoms with Crippen LogP contribution in [0.4, 0.5) is 0 Å². The lowest BCUT2D eigenvalue weighted by molar-refractivity contribution is -0.152. The number of esters is 1. The highest BCUT2D eigenvalue weighted by Crippen LogP contribution is 2.41. The number of rotatable bonds is 4. The van der Waals surface area contributed by atoms with Crippen LogP contribution in [0.3, 0.4) is 0 Å². The van der Waals surface area contributed by atoms with Crippen molar-refractivity contribution in [2.75, 3.05) is 6.61 Å². The molecule has 0 spiro atoms. The van der Waals surface area contributed by atoms with Gasteiger partial charge >= 0.3 is 5.97 Å². The van der Waals surface area contributed by atoms with Crippen LogP contribution in [0.25, 0.3) is 0 Å². The van der Waals surface area contributed by atoms with Gasteiger partial charge in [-0.3, -0.25) is 0 Å². The maximum atomic E-state index is 11.1. The standard InChI is InChI=1S/C15H22O4/c1-4-17-14(16)8-6-5-7-11-9-12-13(10-11)19-15(2,3)18-12/h5-8,11-13H,4,9-10H2,1-3H3/b7-5+,8-6+/t11?,12-,13+. The smallest absolute Gasteiger partial charge is 0.330 e. The molecule has 4 heteroatoms.